The molecule has 1 aliphatic heterocycles. The number of benzene rings is 1. The normalized spacial score (nSPS) is 19.7. The van der Waals surface area contributed by atoms with E-state index in [0.29, 0.717) is 13.0 Å². The number of nitrogens with two attached hydrogens (primary N) is 1. The van der Waals surface area contributed by atoms with E-state index in [-0.39, 0.29) is 17.5 Å². The van der Waals surface area contributed by atoms with Crippen LogP contribution in [0.15, 0.2) is 16.6 Å². The molecule has 1 heterocycles. The van der Waals surface area contributed by atoms with E-state index >= 15 is 0 Å². The average Bonchev–Trinajstić information content (AvgIpc) is 2.22. The van der Waals surface area contributed by atoms with Gasteiger partial charge in [0, 0.05) is 16.8 Å². The van der Waals surface area contributed by atoms with Gasteiger partial charge < -0.3 is 11.1 Å². The van der Waals surface area contributed by atoms with Gasteiger partial charge in [-0.3, -0.25) is 4.79 Å². The lowest BCUT2D eigenvalue weighted by atomic mass is 9.90. The molecule has 1 amide bonds. The number of carbonyl (C=O) groups is 1. The van der Waals surface area contributed by atoms with Gasteiger partial charge in [0.05, 0.1) is 5.69 Å². The summed E-state index contributed by atoms with van der Waals surface area (Å²) in [5, 5.41) is 2.53. The average molecular weight is 273 g/mol. The van der Waals surface area contributed by atoms with Gasteiger partial charge in [-0.05, 0) is 24.2 Å². The van der Waals surface area contributed by atoms with Crippen molar-refractivity contribution < 1.29 is 9.18 Å². The Kier molecular flexibility index (Phi) is 2.75. The van der Waals surface area contributed by atoms with Crippen molar-refractivity contribution in [3.8, 4) is 0 Å². The van der Waals surface area contributed by atoms with Crippen molar-refractivity contribution in [3.63, 3.8) is 0 Å². The molecule has 1 atom stereocenters. The number of fused-ring (bicyclic) bond motifs is 1. The lowest BCUT2D eigenvalue weighted by Gasteiger charge is -2.25. The third-order valence-electron chi connectivity index (χ3n) is 2.53. The number of nitrogens with one attached hydrogen (secondary N) is 1. The topological polar surface area (TPSA) is 55.1 Å². The summed E-state index contributed by atoms with van der Waals surface area (Å²) in [6, 6.07) is 2.95. The summed E-state index contributed by atoms with van der Waals surface area (Å²) in [7, 11) is 0. The molecule has 0 spiro atoms. The highest BCUT2D eigenvalue weighted by Gasteiger charge is 2.28. The Bertz CT molecular complexity index is 422. The van der Waals surface area contributed by atoms with Crippen molar-refractivity contribution in [2.75, 3.05) is 11.9 Å². The van der Waals surface area contributed by atoms with Crippen LogP contribution in [0.1, 0.15) is 17.9 Å². The van der Waals surface area contributed by atoms with E-state index in [1.54, 1.807) is 6.07 Å². The largest absolute Gasteiger partial charge is 0.330 e. The standard InChI is InChI=1S/C10H10BrFN2O/c11-6-1-2-7(12)10-9(6)5(4-13)3-8(15)14-10/h1-2,5H,3-4,13H2,(H,14,15). The Labute approximate surface area is 95.0 Å². The van der Waals surface area contributed by atoms with Crippen LogP contribution in [0.4, 0.5) is 10.1 Å². The minimum atomic E-state index is -0.417. The van der Waals surface area contributed by atoms with Crippen LogP contribution >= 0.6 is 15.9 Å². The monoisotopic (exact) mass is 272 g/mol. The van der Waals surface area contributed by atoms with Crippen LogP contribution < -0.4 is 11.1 Å². The zero-order valence-electron chi connectivity index (χ0n) is 7.89. The maximum atomic E-state index is 13.5. The van der Waals surface area contributed by atoms with Crippen LogP contribution in [0, 0.1) is 5.82 Å². The maximum Gasteiger partial charge on any atom is 0.225 e. The zero-order valence-corrected chi connectivity index (χ0v) is 9.47. The molecule has 0 saturated carbocycles. The molecule has 0 aliphatic carbocycles. The van der Waals surface area contributed by atoms with E-state index < -0.39 is 5.82 Å². The number of hydrogen-bond donors (Lipinski definition) is 2. The van der Waals surface area contributed by atoms with Gasteiger partial charge in [-0.1, -0.05) is 15.9 Å². The van der Waals surface area contributed by atoms with E-state index in [0.717, 1.165) is 10.0 Å². The van der Waals surface area contributed by atoms with Gasteiger partial charge in [0.2, 0.25) is 5.91 Å². The fourth-order valence-electron chi connectivity index (χ4n) is 1.81. The lowest BCUT2D eigenvalue weighted by molar-refractivity contribution is -0.116. The highest BCUT2D eigenvalue weighted by molar-refractivity contribution is 9.10. The van der Waals surface area contributed by atoms with E-state index in [1.165, 1.54) is 6.07 Å². The van der Waals surface area contributed by atoms with Gasteiger partial charge in [0.25, 0.3) is 0 Å². The van der Waals surface area contributed by atoms with Gasteiger partial charge in [0.15, 0.2) is 0 Å². The molecule has 0 aromatic heterocycles. The molecular formula is C10H10BrFN2O. The predicted octanol–water partition coefficient (Wildman–Crippen LogP) is 1.97. The summed E-state index contributed by atoms with van der Waals surface area (Å²) in [6.07, 6.45) is 0.311. The molecule has 5 heteroatoms. The van der Waals surface area contributed by atoms with Crippen LogP contribution in [0.25, 0.3) is 0 Å². The van der Waals surface area contributed by atoms with Crippen LogP contribution in [-0.4, -0.2) is 12.5 Å². The Morgan fingerprint density at radius 3 is 3.00 bits per heavy atom. The molecule has 2 rings (SSSR count). The van der Waals surface area contributed by atoms with E-state index in [4.69, 9.17) is 5.73 Å². The van der Waals surface area contributed by atoms with E-state index in [2.05, 4.69) is 21.2 Å². The van der Waals surface area contributed by atoms with Crippen molar-refractivity contribution in [1.29, 1.82) is 0 Å². The molecule has 3 N–H and O–H groups in total. The molecular weight excluding hydrogens is 263 g/mol. The molecule has 1 unspecified atom stereocenters. The van der Waals surface area contributed by atoms with Crippen molar-refractivity contribution in [2.24, 2.45) is 5.73 Å². The quantitative estimate of drug-likeness (QED) is 0.822. The molecule has 0 fully saturated rings. The van der Waals surface area contributed by atoms with Crippen LogP contribution in [0.5, 0.6) is 0 Å². The summed E-state index contributed by atoms with van der Waals surface area (Å²) in [4.78, 5) is 11.3. The number of hydrogen-bond acceptors (Lipinski definition) is 2. The second kappa shape index (κ2) is 3.90. The minimum absolute atomic E-state index is 0.112. The predicted molar refractivity (Wildman–Crippen MR) is 59.1 cm³/mol. The third kappa shape index (κ3) is 1.77. The molecule has 80 valence electrons. The molecule has 0 saturated heterocycles. The smallest absolute Gasteiger partial charge is 0.225 e. The van der Waals surface area contributed by atoms with Gasteiger partial charge in [-0.15, -0.1) is 0 Å². The van der Waals surface area contributed by atoms with Gasteiger partial charge >= 0.3 is 0 Å². The van der Waals surface area contributed by atoms with Crippen LogP contribution in [0.3, 0.4) is 0 Å². The number of halogens is 2. The van der Waals surface area contributed by atoms with Gasteiger partial charge in [-0.25, -0.2) is 4.39 Å². The number of rotatable bonds is 1. The zero-order chi connectivity index (χ0) is 11.0. The fraction of sp³-hybridized carbons (Fsp3) is 0.300. The molecule has 1 aromatic rings. The van der Waals surface area contributed by atoms with Gasteiger partial charge in [-0.2, -0.15) is 0 Å². The molecule has 3 nitrogen and oxygen atoms in total. The first kappa shape index (κ1) is 10.6. The Hall–Kier alpha value is -0.940. The van der Waals surface area contributed by atoms with Crippen LogP contribution in [-0.2, 0) is 4.79 Å². The Morgan fingerprint density at radius 2 is 2.33 bits per heavy atom. The summed E-state index contributed by atoms with van der Waals surface area (Å²) in [5.41, 5.74) is 6.60. The van der Waals surface area contributed by atoms with Crippen molar-refractivity contribution >= 4 is 27.5 Å². The Morgan fingerprint density at radius 1 is 1.60 bits per heavy atom. The summed E-state index contributed by atoms with van der Waals surface area (Å²) in [6.45, 7) is 0.336. The first-order chi connectivity index (χ1) is 7.13. The fourth-order valence-corrected chi connectivity index (χ4v) is 2.47. The second-order valence-electron chi connectivity index (χ2n) is 3.50. The van der Waals surface area contributed by atoms with E-state index in [9.17, 15) is 9.18 Å². The van der Waals surface area contributed by atoms with Crippen molar-refractivity contribution in [1.82, 2.24) is 0 Å². The highest BCUT2D eigenvalue weighted by Crippen LogP contribution is 2.38. The maximum absolute atomic E-state index is 13.5. The SMILES string of the molecule is NCC1CC(=O)Nc2c(F)ccc(Br)c21. The lowest BCUT2D eigenvalue weighted by Crippen LogP contribution is -2.28. The first-order valence-electron chi connectivity index (χ1n) is 4.61. The highest BCUT2D eigenvalue weighted by atomic mass is 79.9. The molecule has 15 heavy (non-hydrogen) atoms. The van der Waals surface area contributed by atoms with Crippen molar-refractivity contribution in [2.45, 2.75) is 12.3 Å². The Balaban J connectivity index is 2.59. The summed E-state index contributed by atoms with van der Waals surface area (Å²) < 4.78 is 14.2. The van der Waals surface area contributed by atoms with Gasteiger partial charge in [0.1, 0.15) is 5.82 Å². The number of carbonyl (C=O) groups excluding carboxylic acids is 1. The second-order valence-corrected chi connectivity index (χ2v) is 4.36. The first-order valence-corrected chi connectivity index (χ1v) is 5.40. The van der Waals surface area contributed by atoms with E-state index in [1.807, 2.05) is 0 Å². The molecule has 1 aromatic carbocycles. The number of amides is 1. The summed E-state index contributed by atoms with van der Waals surface area (Å²) in [5.74, 6) is -0.714. The minimum Gasteiger partial charge on any atom is -0.330 e. The van der Waals surface area contributed by atoms with Crippen LogP contribution in [0.2, 0.25) is 0 Å². The third-order valence-corrected chi connectivity index (χ3v) is 3.22. The van der Waals surface area contributed by atoms with Crippen molar-refractivity contribution in [3.05, 3.63) is 28.0 Å². The molecule has 0 radical (unpaired) electrons. The summed E-state index contributed by atoms with van der Waals surface area (Å²) >= 11 is 3.34. The molecule has 0 bridgehead atoms. The number of anilines is 1. The molecule has 1 aliphatic rings.